The molecule has 1 aromatic heterocycles. The first kappa shape index (κ1) is 13.8. The molecule has 17 heavy (non-hydrogen) atoms. The molecule has 0 aromatic carbocycles. The molecule has 1 rings (SSSR count). The number of anilines is 1. The van der Waals surface area contributed by atoms with Crippen LogP contribution in [0.3, 0.4) is 0 Å². The molecule has 1 unspecified atom stereocenters. The van der Waals surface area contributed by atoms with Crippen LogP contribution in [0.4, 0.5) is 5.95 Å². The Hall–Kier alpha value is -1.25. The van der Waals surface area contributed by atoms with Gasteiger partial charge < -0.3 is 10.5 Å². The van der Waals surface area contributed by atoms with Crippen molar-refractivity contribution in [2.45, 2.75) is 24.8 Å². The average Bonchev–Trinajstić information content (AvgIpc) is 2.28. The van der Waals surface area contributed by atoms with E-state index >= 15 is 0 Å². The fraction of sp³-hybridized carbons (Fsp3) is 0.556. The van der Waals surface area contributed by atoms with Gasteiger partial charge in [0.2, 0.25) is 16.0 Å². The zero-order valence-corrected chi connectivity index (χ0v) is 10.6. The third kappa shape index (κ3) is 4.25. The summed E-state index contributed by atoms with van der Waals surface area (Å²) in [6, 6.07) is 0. The fourth-order valence-corrected chi connectivity index (χ4v) is 2.12. The number of nitrogens with one attached hydrogen (secondary N) is 1. The molecule has 0 spiro atoms. The second-order valence-corrected chi connectivity index (χ2v) is 5.16. The minimum absolute atomic E-state index is 0.0181. The molecular weight excluding hydrogens is 244 g/mol. The molecule has 0 radical (unpaired) electrons. The maximum absolute atomic E-state index is 11.8. The Morgan fingerprint density at radius 3 is 2.59 bits per heavy atom. The monoisotopic (exact) mass is 260 g/mol. The van der Waals surface area contributed by atoms with E-state index in [1.54, 1.807) is 6.92 Å². The predicted molar refractivity (Wildman–Crippen MR) is 62.7 cm³/mol. The minimum Gasteiger partial charge on any atom is -0.377 e. The van der Waals surface area contributed by atoms with Crippen molar-refractivity contribution in [3.05, 3.63) is 12.4 Å². The van der Waals surface area contributed by atoms with Crippen LogP contribution in [0.1, 0.15) is 13.8 Å². The minimum atomic E-state index is -3.60. The highest BCUT2D eigenvalue weighted by atomic mass is 32.2. The van der Waals surface area contributed by atoms with Gasteiger partial charge >= 0.3 is 0 Å². The zero-order chi connectivity index (χ0) is 12.9. The molecule has 0 aliphatic rings. The fourth-order valence-electron chi connectivity index (χ4n) is 1.12. The van der Waals surface area contributed by atoms with Crippen LogP contribution in [0, 0.1) is 0 Å². The highest BCUT2D eigenvalue weighted by Gasteiger charge is 2.16. The van der Waals surface area contributed by atoms with E-state index in [1.165, 1.54) is 0 Å². The van der Waals surface area contributed by atoms with Crippen LogP contribution in [-0.4, -0.2) is 37.6 Å². The third-order valence-corrected chi connectivity index (χ3v) is 3.35. The standard InChI is InChI=1S/C9H16N4O3S/c1-3-16-7(2)4-13-17(14,15)8-5-11-9(10)12-6-8/h5-7,13H,3-4H2,1-2H3,(H2,10,11,12). The average molecular weight is 260 g/mol. The number of aromatic nitrogens is 2. The molecule has 0 aliphatic heterocycles. The molecule has 0 amide bonds. The lowest BCUT2D eigenvalue weighted by Crippen LogP contribution is -2.32. The molecule has 1 atom stereocenters. The molecule has 0 saturated heterocycles. The number of hydrogen-bond donors (Lipinski definition) is 2. The van der Waals surface area contributed by atoms with E-state index < -0.39 is 10.0 Å². The normalized spacial score (nSPS) is 13.5. The van der Waals surface area contributed by atoms with Gasteiger partial charge in [0.25, 0.3) is 0 Å². The molecule has 0 fully saturated rings. The van der Waals surface area contributed by atoms with Gasteiger partial charge in [-0.05, 0) is 13.8 Å². The Labute approximate surface area is 100 Å². The van der Waals surface area contributed by atoms with E-state index in [4.69, 9.17) is 10.5 Å². The van der Waals surface area contributed by atoms with Crippen LogP contribution in [0.5, 0.6) is 0 Å². The zero-order valence-electron chi connectivity index (χ0n) is 9.75. The molecule has 1 heterocycles. The van der Waals surface area contributed by atoms with Crippen LogP contribution in [0.25, 0.3) is 0 Å². The second kappa shape index (κ2) is 5.89. The quantitative estimate of drug-likeness (QED) is 0.731. The van der Waals surface area contributed by atoms with E-state index in [-0.39, 0.29) is 23.5 Å². The van der Waals surface area contributed by atoms with Crippen LogP contribution in [0.15, 0.2) is 17.3 Å². The molecular formula is C9H16N4O3S. The van der Waals surface area contributed by atoms with Gasteiger partial charge in [-0.2, -0.15) is 0 Å². The SMILES string of the molecule is CCOC(C)CNS(=O)(=O)c1cnc(N)nc1. The lowest BCUT2D eigenvalue weighted by atomic mass is 10.4. The van der Waals surface area contributed by atoms with Crippen molar-refractivity contribution < 1.29 is 13.2 Å². The summed E-state index contributed by atoms with van der Waals surface area (Å²) in [7, 11) is -3.60. The number of rotatable bonds is 6. The van der Waals surface area contributed by atoms with E-state index in [2.05, 4.69) is 14.7 Å². The van der Waals surface area contributed by atoms with E-state index in [1.807, 2.05) is 6.92 Å². The summed E-state index contributed by atoms with van der Waals surface area (Å²) in [5.74, 6) is 0.0339. The van der Waals surface area contributed by atoms with Gasteiger partial charge in [-0.3, -0.25) is 0 Å². The van der Waals surface area contributed by atoms with Crippen LogP contribution in [0.2, 0.25) is 0 Å². The van der Waals surface area contributed by atoms with Gasteiger partial charge in [-0.1, -0.05) is 0 Å². The van der Waals surface area contributed by atoms with Gasteiger partial charge in [0.15, 0.2) is 0 Å². The Kier molecular flexibility index (Phi) is 4.79. The van der Waals surface area contributed by atoms with Crippen LogP contribution < -0.4 is 10.5 Å². The summed E-state index contributed by atoms with van der Waals surface area (Å²) in [5.41, 5.74) is 5.27. The Morgan fingerprint density at radius 1 is 1.47 bits per heavy atom. The number of hydrogen-bond acceptors (Lipinski definition) is 6. The van der Waals surface area contributed by atoms with E-state index in [0.717, 1.165) is 12.4 Å². The summed E-state index contributed by atoms with van der Waals surface area (Å²) in [5, 5.41) is 0. The molecule has 3 N–H and O–H groups in total. The van der Waals surface area contributed by atoms with Crippen molar-refractivity contribution in [2.24, 2.45) is 0 Å². The molecule has 7 nitrogen and oxygen atoms in total. The third-order valence-electron chi connectivity index (χ3n) is 1.97. The second-order valence-electron chi connectivity index (χ2n) is 3.39. The largest absolute Gasteiger partial charge is 0.377 e. The first-order chi connectivity index (χ1) is 7.95. The number of ether oxygens (including phenoxy) is 1. The summed E-state index contributed by atoms with van der Waals surface area (Å²) in [4.78, 5) is 7.23. The number of nitrogens with two attached hydrogens (primary N) is 1. The molecule has 8 heteroatoms. The summed E-state index contributed by atoms with van der Waals surface area (Å²) < 4.78 is 31.1. The molecule has 96 valence electrons. The molecule has 0 saturated carbocycles. The summed E-state index contributed by atoms with van der Waals surface area (Å²) in [6.45, 7) is 4.36. The van der Waals surface area contributed by atoms with E-state index in [0.29, 0.717) is 6.61 Å². The first-order valence-electron chi connectivity index (χ1n) is 5.14. The topological polar surface area (TPSA) is 107 Å². The summed E-state index contributed by atoms with van der Waals surface area (Å²) >= 11 is 0. The van der Waals surface area contributed by atoms with Crippen molar-refractivity contribution in [3.8, 4) is 0 Å². The smallest absolute Gasteiger partial charge is 0.243 e. The molecule has 0 bridgehead atoms. The number of sulfonamides is 1. The molecule has 1 aromatic rings. The van der Waals surface area contributed by atoms with Crippen molar-refractivity contribution in [1.82, 2.24) is 14.7 Å². The van der Waals surface area contributed by atoms with Crippen molar-refractivity contribution >= 4 is 16.0 Å². The number of nitrogen functional groups attached to an aromatic ring is 1. The van der Waals surface area contributed by atoms with Gasteiger partial charge in [0.05, 0.1) is 18.5 Å². The highest BCUT2D eigenvalue weighted by molar-refractivity contribution is 7.89. The van der Waals surface area contributed by atoms with Crippen molar-refractivity contribution in [2.75, 3.05) is 18.9 Å². The molecule has 0 aliphatic carbocycles. The van der Waals surface area contributed by atoms with Crippen molar-refractivity contribution in [3.63, 3.8) is 0 Å². The first-order valence-corrected chi connectivity index (χ1v) is 6.63. The maximum Gasteiger partial charge on any atom is 0.243 e. The Bertz CT molecular complexity index is 446. The number of nitrogens with zero attached hydrogens (tertiary/aromatic N) is 2. The van der Waals surface area contributed by atoms with E-state index in [9.17, 15) is 8.42 Å². The van der Waals surface area contributed by atoms with Crippen LogP contribution >= 0.6 is 0 Å². The van der Waals surface area contributed by atoms with Gasteiger partial charge in [-0.15, -0.1) is 0 Å². The van der Waals surface area contributed by atoms with Gasteiger partial charge in [0.1, 0.15) is 4.90 Å². The lowest BCUT2D eigenvalue weighted by molar-refractivity contribution is 0.0799. The van der Waals surface area contributed by atoms with Crippen molar-refractivity contribution in [1.29, 1.82) is 0 Å². The Morgan fingerprint density at radius 2 is 2.06 bits per heavy atom. The lowest BCUT2D eigenvalue weighted by Gasteiger charge is -2.12. The maximum atomic E-state index is 11.8. The van der Waals surface area contributed by atoms with Gasteiger partial charge in [-0.25, -0.2) is 23.1 Å². The highest BCUT2D eigenvalue weighted by Crippen LogP contribution is 2.05. The van der Waals surface area contributed by atoms with Gasteiger partial charge in [0, 0.05) is 13.2 Å². The summed E-state index contributed by atoms with van der Waals surface area (Å²) in [6.07, 6.45) is 2.14. The predicted octanol–water partition coefficient (Wildman–Crippen LogP) is -0.238. The Balaban J connectivity index is 2.66. The van der Waals surface area contributed by atoms with Crippen LogP contribution in [-0.2, 0) is 14.8 Å².